The molecule has 1 aliphatic rings. The first-order valence-electron chi connectivity index (χ1n) is 4.31. The number of nitrogens with two attached hydrogens (primary N) is 1. The Kier molecular flexibility index (Phi) is 1.81. The summed E-state index contributed by atoms with van der Waals surface area (Å²) in [5.74, 6) is 0.0891. The van der Waals surface area contributed by atoms with E-state index in [-0.39, 0.29) is 11.9 Å². The van der Waals surface area contributed by atoms with Crippen LogP contribution < -0.4 is 10.6 Å². The maximum absolute atomic E-state index is 11.4. The highest BCUT2D eigenvalue weighted by Gasteiger charge is 2.25. The Morgan fingerprint density at radius 3 is 2.92 bits per heavy atom. The third-order valence-electron chi connectivity index (χ3n) is 2.47. The van der Waals surface area contributed by atoms with E-state index in [0.717, 1.165) is 11.3 Å². The molecule has 0 fully saturated rings. The average Bonchev–Trinajstić information content (AvgIpc) is 2.15. The van der Waals surface area contributed by atoms with Gasteiger partial charge in [0, 0.05) is 25.2 Å². The fraction of sp³-hybridized carbons (Fsp3) is 0.300. The summed E-state index contributed by atoms with van der Waals surface area (Å²) in [4.78, 5) is 13.1. The summed E-state index contributed by atoms with van der Waals surface area (Å²) in [7, 11) is 1.78. The number of carbonyl (C=O) groups excluding carboxylic acids is 1. The molecule has 0 saturated heterocycles. The van der Waals surface area contributed by atoms with Gasteiger partial charge in [0.05, 0.1) is 0 Å². The van der Waals surface area contributed by atoms with Gasteiger partial charge in [-0.15, -0.1) is 0 Å². The minimum Gasteiger partial charge on any atom is -0.323 e. The van der Waals surface area contributed by atoms with Gasteiger partial charge < -0.3 is 10.6 Å². The third kappa shape index (κ3) is 1.21. The number of benzene rings is 1. The van der Waals surface area contributed by atoms with Gasteiger partial charge in [-0.2, -0.15) is 0 Å². The Balaban J connectivity index is 2.53. The number of nitrogens with zero attached hydrogens (tertiary/aromatic N) is 1. The Labute approximate surface area is 77.1 Å². The largest absolute Gasteiger partial charge is 0.323 e. The fourth-order valence-electron chi connectivity index (χ4n) is 1.68. The lowest BCUT2D eigenvalue weighted by atomic mass is 9.97. The van der Waals surface area contributed by atoms with Crippen LogP contribution in [0, 0.1) is 0 Å². The first kappa shape index (κ1) is 8.26. The zero-order valence-corrected chi connectivity index (χ0v) is 7.53. The van der Waals surface area contributed by atoms with E-state index >= 15 is 0 Å². The summed E-state index contributed by atoms with van der Waals surface area (Å²) in [5.41, 5.74) is 7.85. The summed E-state index contributed by atoms with van der Waals surface area (Å²) in [6.07, 6.45) is 0.410. The molecule has 1 aliphatic heterocycles. The molecule has 2 N–H and O–H groups in total. The number of fused-ring (bicyclic) bond motifs is 1. The van der Waals surface area contributed by atoms with E-state index in [0.29, 0.717) is 6.42 Å². The molecule has 68 valence electrons. The Morgan fingerprint density at radius 1 is 1.46 bits per heavy atom. The van der Waals surface area contributed by atoms with Crippen LogP contribution in [0.2, 0.25) is 0 Å². The van der Waals surface area contributed by atoms with Gasteiger partial charge in [-0.1, -0.05) is 18.2 Å². The maximum Gasteiger partial charge on any atom is 0.228 e. The van der Waals surface area contributed by atoms with Crippen LogP contribution in [0.3, 0.4) is 0 Å². The first-order valence-corrected chi connectivity index (χ1v) is 4.31. The van der Waals surface area contributed by atoms with Gasteiger partial charge in [0.2, 0.25) is 5.91 Å². The van der Waals surface area contributed by atoms with Crippen LogP contribution in [0.4, 0.5) is 5.69 Å². The molecule has 1 aromatic rings. The van der Waals surface area contributed by atoms with Crippen molar-refractivity contribution < 1.29 is 4.79 Å². The summed E-state index contributed by atoms with van der Waals surface area (Å²) in [5, 5.41) is 0. The highest BCUT2D eigenvalue weighted by molar-refractivity contribution is 5.96. The maximum atomic E-state index is 11.4. The Bertz CT molecular complexity index is 349. The van der Waals surface area contributed by atoms with E-state index in [4.69, 9.17) is 5.73 Å². The Hall–Kier alpha value is -1.35. The van der Waals surface area contributed by atoms with Crippen molar-refractivity contribution in [2.24, 2.45) is 5.73 Å². The van der Waals surface area contributed by atoms with E-state index in [1.807, 2.05) is 24.3 Å². The molecule has 1 heterocycles. The molecule has 1 atom stereocenters. The predicted octanol–water partition coefficient (Wildman–Crippen LogP) is 1.05. The van der Waals surface area contributed by atoms with Crippen molar-refractivity contribution in [3.05, 3.63) is 29.8 Å². The van der Waals surface area contributed by atoms with Gasteiger partial charge in [0.25, 0.3) is 0 Å². The predicted molar refractivity (Wildman–Crippen MR) is 51.4 cm³/mol. The summed E-state index contributed by atoms with van der Waals surface area (Å²) >= 11 is 0. The lowest BCUT2D eigenvalue weighted by Gasteiger charge is -2.29. The van der Waals surface area contributed by atoms with Crippen molar-refractivity contribution in [3.63, 3.8) is 0 Å². The molecule has 3 heteroatoms. The van der Waals surface area contributed by atoms with Gasteiger partial charge in [-0.25, -0.2) is 0 Å². The molecule has 1 aromatic carbocycles. The minimum absolute atomic E-state index is 0.0891. The highest BCUT2D eigenvalue weighted by atomic mass is 16.2. The number of amides is 1. The number of hydrogen-bond acceptors (Lipinski definition) is 2. The van der Waals surface area contributed by atoms with Gasteiger partial charge in [0.15, 0.2) is 0 Å². The molecular formula is C10H12N2O. The second kappa shape index (κ2) is 2.85. The number of para-hydroxylation sites is 1. The number of carbonyl (C=O) groups is 1. The van der Waals surface area contributed by atoms with Crippen LogP contribution in [0.5, 0.6) is 0 Å². The van der Waals surface area contributed by atoms with E-state index < -0.39 is 0 Å². The third-order valence-corrected chi connectivity index (χ3v) is 2.47. The quantitative estimate of drug-likeness (QED) is 0.642. The fourth-order valence-corrected chi connectivity index (χ4v) is 1.68. The highest BCUT2D eigenvalue weighted by Crippen LogP contribution is 2.31. The first-order chi connectivity index (χ1) is 6.20. The molecular weight excluding hydrogens is 164 g/mol. The van der Waals surface area contributed by atoms with Crippen LogP contribution in [-0.4, -0.2) is 13.0 Å². The lowest BCUT2D eigenvalue weighted by molar-refractivity contribution is -0.119. The summed E-state index contributed by atoms with van der Waals surface area (Å²) < 4.78 is 0. The van der Waals surface area contributed by atoms with Crippen molar-refractivity contribution >= 4 is 11.6 Å². The second-order valence-electron chi connectivity index (χ2n) is 3.32. The van der Waals surface area contributed by atoms with Crippen molar-refractivity contribution in [3.8, 4) is 0 Å². The molecule has 3 nitrogen and oxygen atoms in total. The molecule has 13 heavy (non-hydrogen) atoms. The SMILES string of the molecule is CN1C(=O)CC(N)c2ccccc21. The van der Waals surface area contributed by atoms with Crippen LogP contribution in [0.1, 0.15) is 18.0 Å². The summed E-state index contributed by atoms with van der Waals surface area (Å²) in [6.45, 7) is 0. The number of rotatable bonds is 0. The van der Waals surface area contributed by atoms with E-state index in [2.05, 4.69) is 0 Å². The number of hydrogen-bond donors (Lipinski definition) is 1. The van der Waals surface area contributed by atoms with Crippen LogP contribution in [0.15, 0.2) is 24.3 Å². The van der Waals surface area contributed by atoms with Gasteiger partial charge in [0.1, 0.15) is 0 Å². The molecule has 0 spiro atoms. The average molecular weight is 176 g/mol. The second-order valence-corrected chi connectivity index (χ2v) is 3.32. The standard InChI is InChI=1S/C10H12N2O/c1-12-9-5-3-2-4-7(9)8(11)6-10(12)13/h2-5,8H,6,11H2,1H3. The van der Waals surface area contributed by atoms with E-state index in [9.17, 15) is 4.79 Å². The monoisotopic (exact) mass is 176 g/mol. The smallest absolute Gasteiger partial charge is 0.228 e. The molecule has 0 aromatic heterocycles. The van der Waals surface area contributed by atoms with E-state index in [1.165, 1.54) is 0 Å². The van der Waals surface area contributed by atoms with Crippen LogP contribution >= 0.6 is 0 Å². The molecule has 0 saturated carbocycles. The zero-order valence-electron chi connectivity index (χ0n) is 7.53. The molecule has 0 aliphatic carbocycles. The Morgan fingerprint density at radius 2 is 2.15 bits per heavy atom. The lowest BCUT2D eigenvalue weighted by Crippen LogP contribution is -2.35. The summed E-state index contributed by atoms with van der Waals surface area (Å²) in [6, 6.07) is 7.62. The number of anilines is 1. The molecule has 2 rings (SSSR count). The van der Waals surface area contributed by atoms with Gasteiger partial charge in [-0.3, -0.25) is 4.79 Å². The molecule has 1 unspecified atom stereocenters. The molecule has 0 bridgehead atoms. The zero-order chi connectivity index (χ0) is 9.42. The van der Waals surface area contributed by atoms with Crippen molar-refractivity contribution in [2.45, 2.75) is 12.5 Å². The van der Waals surface area contributed by atoms with Crippen molar-refractivity contribution in [2.75, 3.05) is 11.9 Å². The molecule has 0 radical (unpaired) electrons. The molecule has 1 amide bonds. The van der Waals surface area contributed by atoms with Gasteiger partial charge >= 0.3 is 0 Å². The van der Waals surface area contributed by atoms with E-state index in [1.54, 1.807) is 11.9 Å². The van der Waals surface area contributed by atoms with Crippen LogP contribution in [0.25, 0.3) is 0 Å². The van der Waals surface area contributed by atoms with Gasteiger partial charge in [-0.05, 0) is 11.6 Å². The minimum atomic E-state index is -0.139. The normalized spacial score (nSPS) is 21.5. The van der Waals surface area contributed by atoms with Crippen molar-refractivity contribution in [1.82, 2.24) is 0 Å². The van der Waals surface area contributed by atoms with Crippen LogP contribution in [-0.2, 0) is 4.79 Å². The topological polar surface area (TPSA) is 46.3 Å². The van der Waals surface area contributed by atoms with Crippen molar-refractivity contribution in [1.29, 1.82) is 0 Å².